The zero-order valence-electron chi connectivity index (χ0n) is 23.7. The standard InChI is InChI=1S/C32H33NO8/c1-6-38-23-12-9-19(14-21(23)32(3,4)5)29(35)27-28(18-8-11-22(34)25(15-18)39-7-2)33(31(37)30(27)36)20-10-13-24-26(16-20)41-17-40-24/h8-16,28,34-35H,6-7,17H2,1-5H3/b29-27+. The Balaban J connectivity index is 1.72. The fraction of sp³-hybridized carbons (Fsp3) is 0.312. The van der Waals surface area contributed by atoms with Crippen LogP contribution in [0.2, 0.25) is 0 Å². The summed E-state index contributed by atoms with van der Waals surface area (Å²) in [6.45, 7) is 10.6. The second kappa shape index (κ2) is 10.7. The van der Waals surface area contributed by atoms with Gasteiger partial charge in [-0.15, -0.1) is 0 Å². The zero-order valence-corrected chi connectivity index (χ0v) is 23.7. The van der Waals surface area contributed by atoms with Gasteiger partial charge in [0.15, 0.2) is 23.0 Å². The van der Waals surface area contributed by atoms with Crippen LogP contribution < -0.4 is 23.8 Å². The molecule has 2 aliphatic heterocycles. The lowest BCUT2D eigenvalue weighted by Gasteiger charge is -2.26. The van der Waals surface area contributed by atoms with Crippen LogP contribution in [-0.2, 0) is 15.0 Å². The first-order valence-electron chi connectivity index (χ1n) is 13.5. The van der Waals surface area contributed by atoms with E-state index in [1.165, 1.54) is 11.0 Å². The van der Waals surface area contributed by atoms with Crippen molar-refractivity contribution >= 4 is 23.1 Å². The smallest absolute Gasteiger partial charge is 0.300 e. The van der Waals surface area contributed by atoms with Crippen LogP contribution >= 0.6 is 0 Å². The molecule has 1 amide bonds. The molecule has 1 saturated heterocycles. The number of anilines is 1. The topological polar surface area (TPSA) is 115 Å². The van der Waals surface area contributed by atoms with E-state index in [9.17, 15) is 19.8 Å². The van der Waals surface area contributed by atoms with E-state index in [0.717, 1.165) is 5.56 Å². The second-order valence-electron chi connectivity index (χ2n) is 10.8. The number of aliphatic hydroxyl groups excluding tert-OH is 1. The molecule has 3 aromatic rings. The third kappa shape index (κ3) is 5.03. The summed E-state index contributed by atoms with van der Waals surface area (Å²) >= 11 is 0. The lowest BCUT2D eigenvalue weighted by Crippen LogP contribution is -2.29. The maximum absolute atomic E-state index is 13.7. The van der Waals surface area contributed by atoms with Crippen molar-refractivity contribution < 1.29 is 38.7 Å². The highest BCUT2D eigenvalue weighted by Crippen LogP contribution is 2.46. The lowest BCUT2D eigenvalue weighted by atomic mass is 9.84. The SMILES string of the molecule is CCOc1cc(C2/C(=C(\O)c3ccc(OCC)c(C(C)(C)C)c3)C(=O)C(=O)N2c2ccc3c(c2)OCO3)ccc1O. The van der Waals surface area contributed by atoms with Gasteiger partial charge in [-0.3, -0.25) is 14.5 Å². The van der Waals surface area contributed by atoms with Gasteiger partial charge in [0.25, 0.3) is 11.7 Å². The number of ketones is 1. The molecule has 2 N–H and O–H groups in total. The summed E-state index contributed by atoms with van der Waals surface area (Å²) < 4.78 is 22.4. The number of hydrogen-bond donors (Lipinski definition) is 2. The van der Waals surface area contributed by atoms with Crippen molar-refractivity contribution in [1.82, 2.24) is 0 Å². The highest BCUT2D eigenvalue weighted by molar-refractivity contribution is 6.51. The van der Waals surface area contributed by atoms with E-state index in [1.54, 1.807) is 55.5 Å². The first-order chi connectivity index (χ1) is 19.5. The molecule has 0 aliphatic carbocycles. The minimum absolute atomic E-state index is 0.0462. The van der Waals surface area contributed by atoms with E-state index < -0.39 is 17.7 Å². The number of phenolic OH excluding ortho intramolecular Hbond substituents is 1. The van der Waals surface area contributed by atoms with Crippen molar-refractivity contribution in [2.75, 3.05) is 24.9 Å². The van der Waals surface area contributed by atoms with Crippen LogP contribution in [-0.4, -0.2) is 41.9 Å². The van der Waals surface area contributed by atoms with Crippen LogP contribution in [0.1, 0.15) is 57.4 Å². The number of nitrogens with zero attached hydrogens (tertiary/aromatic N) is 1. The van der Waals surface area contributed by atoms with Crippen LogP contribution in [0.5, 0.6) is 28.7 Å². The first kappa shape index (κ1) is 27.9. The van der Waals surface area contributed by atoms with Crippen LogP contribution in [0, 0.1) is 0 Å². The Morgan fingerprint density at radius 3 is 2.34 bits per heavy atom. The van der Waals surface area contributed by atoms with E-state index in [2.05, 4.69) is 0 Å². The molecule has 2 heterocycles. The molecule has 2 aliphatic rings. The predicted molar refractivity (Wildman–Crippen MR) is 153 cm³/mol. The lowest BCUT2D eigenvalue weighted by molar-refractivity contribution is -0.132. The fourth-order valence-corrected chi connectivity index (χ4v) is 5.12. The molecule has 0 spiro atoms. The molecule has 9 nitrogen and oxygen atoms in total. The molecule has 1 atom stereocenters. The van der Waals surface area contributed by atoms with Gasteiger partial charge in [0.2, 0.25) is 6.79 Å². The zero-order chi connectivity index (χ0) is 29.5. The molecule has 5 rings (SSSR count). The summed E-state index contributed by atoms with van der Waals surface area (Å²) in [5.41, 5.74) is 1.64. The van der Waals surface area contributed by atoms with E-state index >= 15 is 0 Å². The molecule has 0 radical (unpaired) electrons. The molecular formula is C32H33NO8. The summed E-state index contributed by atoms with van der Waals surface area (Å²) in [4.78, 5) is 28.6. The Bertz CT molecular complexity index is 1550. The molecule has 0 aromatic heterocycles. The van der Waals surface area contributed by atoms with Gasteiger partial charge in [-0.2, -0.15) is 0 Å². The first-order valence-corrected chi connectivity index (χ1v) is 13.5. The number of fused-ring (bicyclic) bond motifs is 1. The molecule has 0 saturated carbocycles. The molecule has 214 valence electrons. The number of amides is 1. The van der Waals surface area contributed by atoms with Crippen molar-refractivity contribution in [2.24, 2.45) is 0 Å². The van der Waals surface area contributed by atoms with Crippen LogP contribution in [0.15, 0.2) is 60.2 Å². The Kier molecular flexibility index (Phi) is 7.29. The van der Waals surface area contributed by atoms with Gasteiger partial charge in [-0.25, -0.2) is 0 Å². The molecular weight excluding hydrogens is 526 g/mol. The summed E-state index contributed by atoms with van der Waals surface area (Å²) in [5, 5.41) is 22.1. The van der Waals surface area contributed by atoms with E-state index in [1.807, 2.05) is 27.7 Å². The maximum atomic E-state index is 13.7. The van der Waals surface area contributed by atoms with Crippen molar-refractivity contribution in [1.29, 1.82) is 0 Å². The average molecular weight is 560 g/mol. The number of aliphatic hydroxyl groups is 1. The quantitative estimate of drug-likeness (QED) is 0.211. The normalized spacial score (nSPS) is 17.7. The molecule has 1 unspecified atom stereocenters. The summed E-state index contributed by atoms with van der Waals surface area (Å²) in [6, 6.07) is 13.7. The minimum atomic E-state index is -1.03. The summed E-state index contributed by atoms with van der Waals surface area (Å²) in [7, 11) is 0. The third-order valence-electron chi connectivity index (χ3n) is 7.04. The highest BCUT2D eigenvalue weighted by atomic mass is 16.7. The Morgan fingerprint density at radius 1 is 0.927 bits per heavy atom. The molecule has 0 bridgehead atoms. The van der Waals surface area contributed by atoms with E-state index in [4.69, 9.17) is 18.9 Å². The molecule has 1 fully saturated rings. The molecule has 3 aromatic carbocycles. The average Bonchev–Trinajstić information content (AvgIpc) is 3.51. The van der Waals surface area contributed by atoms with Crippen molar-refractivity contribution in [3.63, 3.8) is 0 Å². The number of ether oxygens (including phenoxy) is 4. The van der Waals surface area contributed by atoms with Gasteiger partial charge in [-0.05, 0) is 67.3 Å². The number of Topliss-reactive ketones (excluding diaryl/α,β-unsaturated/α-hetero) is 1. The number of phenols is 1. The number of rotatable bonds is 7. The van der Waals surface area contributed by atoms with Crippen molar-refractivity contribution in [3.8, 4) is 28.7 Å². The van der Waals surface area contributed by atoms with Gasteiger partial charge in [0, 0.05) is 22.9 Å². The van der Waals surface area contributed by atoms with Gasteiger partial charge in [0.1, 0.15) is 11.5 Å². The van der Waals surface area contributed by atoms with E-state index in [-0.39, 0.29) is 35.0 Å². The van der Waals surface area contributed by atoms with Crippen molar-refractivity contribution in [2.45, 2.75) is 46.1 Å². The van der Waals surface area contributed by atoms with E-state index in [0.29, 0.717) is 47.3 Å². The van der Waals surface area contributed by atoms with Crippen LogP contribution in [0.3, 0.4) is 0 Å². The van der Waals surface area contributed by atoms with Crippen molar-refractivity contribution in [3.05, 3.63) is 76.9 Å². The maximum Gasteiger partial charge on any atom is 0.300 e. The summed E-state index contributed by atoms with van der Waals surface area (Å²) in [5.74, 6) is -0.246. The number of benzene rings is 3. The molecule has 9 heteroatoms. The number of carbonyl (C=O) groups is 2. The second-order valence-corrected chi connectivity index (χ2v) is 10.8. The van der Waals surface area contributed by atoms with Crippen LogP contribution in [0.25, 0.3) is 5.76 Å². The Hall–Kier alpha value is -4.66. The Morgan fingerprint density at radius 2 is 1.63 bits per heavy atom. The minimum Gasteiger partial charge on any atom is -0.507 e. The number of aromatic hydroxyl groups is 1. The monoisotopic (exact) mass is 559 g/mol. The molecule has 41 heavy (non-hydrogen) atoms. The largest absolute Gasteiger partial charge is 0.507 e. The number of hydrogen-bond acceptors (Lipinski definition) is 8. The van der Waals surface area contributed by atoms with Gasteiger partial charge >= 0.3 is 0 Å². The number of carbonyl (C=O) groups excluding carboxylic acids is 2. The van der Waals surface area contributed by atoms with Gasteiger partial charge in [-0.1, -0.05) is 26.8 Å². The highest BCUT2D eigenvalue weighted by Gasteiger charge is 2.47. The summed E-state index contributed by atoms with van der Waals surface area (Å²) in [6.07, 6.45) is 0. The van der Waals surface area contributed by atoms with Gasteiger partial charge in [0.05, 0.1) is 24.8 Å². The van der Waals surface area contributed by atoms with Gasteiger partial charge < -0.3 is 29.2 Å². The van der Waals surface area contributed by atoms with Crippen LogP contribution in [0.4, 0.5) is 5.69 Å². The Labute approximate surface area is 238 Å². The predicted octanol–water partition coefficient (Wildman–Crippen LogP) is 5.84. The third-order valence-corrected chi connectivity index (χ3v) is 7.04. The fourth-order valence-electron chi connectivity index (χ4n) is 5.12.